The van der Waals surface area contributed by atoms with Crippen LogP contribution >= 0.6 is 7.82 Å². The lowest BCUT2D eigenvalue weighted by atomic mass is 10.3. The smallest absolute Gasteiger partial charge is 0.460 e. The number of carbonyl (C=O) groups is 1. The fraction of sp³-hybridized carbons (Fsp3) is 0.857. The molecule has 6 nitrogen and oxygen atoms in total. The van der Waals surface area contributed by atoms with Gasteiger partial charge in [-0.3, -0.25) is 9.32 Å². The van der Waals surface area contributed by atoms with Crippen LogP contribution in [0.25, 0.3) is 0 Å². The fourth-order valence-corrected chi connectivity index (χ4v) is 1.05. The van der Waals surface area contributed by atoms with E-state index >= 15 is 0 Å². The van der Waals surface area contributed by atoms with Crippen LogP contribution in [0.3, 0.4) is 0 Å². The number of hydrogen-bond acceptors (Lipinski definition) is 4. The normalized spacial score (nSPS) is 13.7. The third kappa shape index (κ3) is 7.03. The van der Waals surface area contributed by atoms with E-state index in [1.807, 2.05) is 0 Å². The molecule has 0 heterocycles. The van der Waals surface area contributed by atoms with Crippen LogP contribution in [-0.2, 0) is 18.6 Å². The highest BCUT2D eigenvalue weighted by molar-refractivity contribution is 7.46. The maximum absolute atomic E-state index is 10.8. The van der Waals surface area contributed by atoms with E-state index < -0.39 is 19.9 Å². The van der Waals surface area contributed by atoms with Gasteiger partial charge in [0.25, 0.3) is 0 Å². The van der Waals surface area contributed by atoms with E-state index in [-0.39, 0.29) is 13.0 Å². The van der Waals surface area contributed by atoms with E-state index in [1.54, 1.807) is 13.8 Å². The van der Waals surface area contributed by atoms with Crippen LogP contribution in [0.15, 0.2) is 0 Å². The molecule has 7 heteroatoms. The van der Waals surface area contributed by atoms with Gasteiger partial charge in [0.2, 0.25) is 0 Å². The molecule has 0 aromatic carbocycles. The zero-order chi connectivity index (χ0) is 11.2. The van der Waals surface area contributed by atoms with Gasteiger partial charge in [-0.1, -0.05) is 13.8 Å². The van der Waals surface area contributed by atoms with Crippen LogP contribution in [0.5, 0.6) is 0 Å². The van der Waals surface area contributed by atoms with Crippen molar-refractivity contribution < 1.29 is 28.4 Å². The fourth-order valence-electron chi connectivity index (χ4n) is 0.685. The van der Waals surface area contributed by atoms with Crippen molar-refractivity contribution >= 4 is 13.8 Å². The number of esters is 1. The Balaban J connectivity index is 3.92. The molecule has 0 aromatic rings. The molecular weight excluding hydrogens is 211 g/mol. The zero-order valence-electron chi connectivity index (χ0n) is 8.17. The molecule has 0 aliphatic heterocycles. The van der Waals surface area contributed by atoms with E-state index in [2.05, 4.69) is 4.52 Å². The van der Waals surface area contributed by atoms with Crippen LogP contribution in [0.1, 0.15) is 26.7 Å². The quantitative estimate of drug-likeness (QED) is 0.514. The first-order chi connectivity index (χ1) is 6.39. The SMILES string of the molecule is CCC(=O)OC(CC)COP(=O)(O)O. The maximum atomic E-state index is 10.8. The van der Waals surface area contributed by atoms with E-state index in [1.165, 1.54) is 0 Å². The minimum Gasteiger partial charge on any atom is -0.460 e. The molecule has 0 aliphatic rings. The molecule has 1 atom stereocenters. The molecule has 0 radical (unpaired) electrons. The van der Waals surface area contributed by atoms with Gasteiger partial charge < -0.3 is 14.5 Å². The number of carbonyl (C=O) groups excluding carboxylic acids is 1. The van der Waals surface area contributed by atoms with Gasteiger partial charge in [0, 0.05) is 6.42 Å². The van der Waals surface area contributed by atoms with Crippen molar-refractivity contribution in [2.75, 3.05) is 6.61 Å². The number of ether oxygens (including phenoxy) is 1. The van der Waals surface area contributed by atoms with Crippen LogP contribution < -0.4 is 0 Å². The molecule has 0 spiro atoms. The first kappa shape index (κ1) is 13.6. The van der Waals surface area contributed by atoms with Crippen molar-refractivity contribution in [1.29, 1.82) is 0 Å². The Labute approximate surface area is 82.5 Å². The van der Waals surface area contributed by atoms with Gasteiger partial charge in [-0.2, -0.15) is 0 Å². The molecule has 0 aliphatic carbocycles. The Morgan fingerprint density at radius 2 is 2.00 bits per heavy atom. The van der Waals surface area contributed by atoms with Crippen molar-refractivity contribution in [3.05, 3.63) is 0 Å². The number of rotatable bonds is 6. The summed E-state index contributed by atoms with van der Waals surface area (Å²) in [7, 11) is -4.48. The lowest BCUT2D eigenvalue weighted by Crippen LogP contribution is -2.21. The number of phosphoric acid groups is 1. The van der Waals surface area contributed by atoms with Crippen molar-refractivity contribution in [1.82, 2.24) is 0 Å². The molecule has 0 amide bonds. The van der Waals surface area contributed by atoms with Crippen LogP contribution in [0, 0.1) is 0 Å². The van der Waals surface area contributed by atoms with E-state index in [9.17, 15) is 9.36 Å². The summed E-state index contributed by atoms with van der Waals surface area (Å²) in [5, 5.41) is 0. The van der Waals surface area contributed by atoms with Crippen molar-refractivity contribution in [3.63, 3.8) is 0 Å². The summed E-state index contributed by atoms with van der Waals surface area (Å²) >= 11 is 0. The third-order valence-corrected chi connectivity index (χ3v) is 1.96. The summed E-state index contributed by atoms with van der Waals surface area (Å²) in [6.45, 7) is 3.09. The molecule has 0 rings (SSSR count). The van der Waals surface area contributed by atoms with E-state index in [4.69, 9.17) is 14.5 Å². The monoisotopic (exact) mass is 226 g/mol. The first-order valence-corrected chi connectivity index (χ1v) is 5.81. The average molecular weight is 226 g/mol. The Morgan fingerprint density at radius 1 is 1.43 bits per heavy atom. The van der Waals surface area contributed by atoms with Gasteiger partial charge >= 0.3 is 13.8 Å². The maximum Gasteiger partial charge on any atom is 0.469 e. The Morgan fingerprint density at radius 3 is 2.36 bits per heavy atom. The molecule has 0 fully saturated rings. The van der Waals surface area contributed by atoms with Crippen LogP contribution in [0.2, 0.25) is 0 Å². The largest absolute Gasteiger partial charge is 0.469 e. The number of phosphoric ester groups is 1. The summed E-state index contributed by atoms with van der Waals surface area (Å²) in [5.74, 6) is -0.411. The second kappa shape index (κ2) is 6.14. The van der Waals surface area contributed by atoms with Gasteiger partial charge in [0.1, 0.15) is 6.10 Å². The predicted octanol–water partition coefficient (Wildman–Crippen LogP) is 0.827. The predicted molar refractivity (Wildman–Crippen MR) is 48.5 cm³/mol. The van der Waals surface area contributed by atoms with Gasteiger partial charge in [0.15, 0.2) is 0 Å². The molecule has 0 aromatic heterocycles. The highest BCUT2D eigenvalue weighted by Gasteiger charge is 2.19. The van der Waals surface area contributed by atoms with Crippen molar-refractivity contribution in [2.24, 2.45) is 0 Å². The molecule has 1 unspecified atom stereocenters. The van der Waals surface area contributed by atoms with Crippen LogP contribution in [-0.4, -0.2) is 28.5 Å². The molecular formula is C7H15O6P. The Hall–Kier alpha value is -0.420. The van der Waals surface area contributed by atoms with Gasteiger partial charge in [-0.15, -0.1) is 0 Å². The Kier molecular flexibility index (Phi) is 5.95. The van der Waals surface area contributed by atoms with E-state index in [0.29, 0.717) is 6.42 Å². The minimum absolute atomic E-state index is 0.229. The van der Waals surface area contributed by atoms with Crippen LogP contribution in [0.4, 0.5) is 0 Å². The summed E-state index contributed by atoms with van der Waals surface area (Å²) in [4.78, 5) is 27.6. The van der Waals surface area contributed by atoms with Crippen molar-refractivity contribution in [2.45, 2.75) is 32.8 Å². The standard InChI is InChI=1S/C7H15O6P/c1-3-6(13-7(8)4-2)5-12-14(9,10)11/h6H,3-5H2,1-2H3,(H2,9,10,11). The summed E-state index contributed by atoms with van der Waals surface area (Å²) < 4.78 is 19.4. The molecule has 0 bridgehead atoms. The first-order valence-electron chi connectivity index (χ1n) is 4.28. The van der Waals surface area contributed by atoms with Gasteiger partial charge in [0.05, 0.1) is 6.61 Å². The lowest BCUT2D eigenvalue weighted by Gasteiger charge is -2.15. The molecule has 2 N–H and O–H groups in total. The molecule has 14 heavy (non-hydrogen) atoms. The molecule has 0 saturated carbocycles. The van der Waals surface area contributed by atoms with Gasteiger partial charge in [-0.05, 0) is 6.42 Å². The second-order valence-corrected chi connectivity index (χ2v) is 3.90. The summed E-state index contributed by atoms with van der Waals surface area (Å²) in [6.07, 6.45) is 0.0769. The minimum atomic E-state index is -4.48. The molecule has 84 valence electrons. The zero-order valence-corrected chi connectivity index (χ0v) is 9.07. The third-order valence-electron chi connectivity index (χ3n) is 1.47. The van der Waals surface area contributed by atoms with Gasteiger partial charge in [-0.25, -0.2) is 4.57 Å². The van der Waals surface area contributed by atoms with Crippen molar-refractivity contribution in [3.8, 4) is 0 Å². The topological polar surface area (TPSA) is 93.1 Å². The second-order valence-electron chi connectivity index (χ2n) is 2.66. The highest BCUT2D eigenvalue weighted by atomic mass is 31.2. The highest BCUT2D eigenvalue weighted by Crippen LogP contribution is 2.36. The average Bonchev–Trinajstić information content (AvgIpc) is 2.10. The van der Waals surface area contributed by atoms with E-state index in [0.717, 1.165) is 0 Å². The summed E-state index contributed by atoms with van der Waals surface area (Å²) in [5.41, 5.74) is 0. The Bertz CT molecular complexity index is 222. The number of hydrogen-bond donors (Lipinski definition) is 2. The summed E-state index contributed by atoms with van der Waals surface area (Å²) in [6, 6.07) is 0. The molecule has 0 saturated heterocycles. The lowest BCUT2D eigenvalue weighted by molar-refractivity contribution is -0.150.